The Balaban J connectivity index is 2.03. The number of carboxylic acids is 1. The lowest BCUT2D eigenvalue weighted by Gasteiger charge is -2.52. The van der Waals surface area contributed by atoms with E-state index in [2.05, 4.69) is 19.1 Å². The van der Waals surface area contributed by atoms with Crippen molar-refractivity contribution in [2.75, 3.05) is 6.54 Å². The molecule has 2 aliphatic rings. The summed E-state index contributed by atoms with van der Waals surface area (Å²) in [5, 5.41) is 10.6. The van der Waals surface area contributed by atoms with Crippen molar-refractivity contribution in [2.24, 2.45) is 11.3 Å². The number of aliphatic carboxylic acids is 1. The second kappa shape index (κ2) is 10.5. The Hall–Kier alpha value is -2.01. The molecule has 0 radical (unpaired) electrons. The minimum absolute atomic E-state index is 0.0706. The SMILES string of the molecule is CCC(C)(C)C(=O)C(=O)[N@@+]1(C2CCCCC2)CCCC(CC(C)c2ccccc2)[C@H]1C(=O)O. The molecule has 2 fully saturated rings. The zero-order chi connectivity index (χ0) is 24.2. The summed E-state index contributed by atoms with van der Waals surface area (Å²) in [6, 6.07) is 9.27. The largest absolute Gasteiger partial charge is 0.477 e. The standard InChI is InChI=1S/C28H41NO4/c1-5-28(3,4)25(30)26(31)29(23-16-10-7-11-17-23)18-12-15-22(24(29)27(32)33)19-20(2)21-13-8-6-9-14-21/h6,8-9,13-14,20,22-24H,5,7,10-12,15-19H2,1-4H3/p+1/t20?,22?,24-,29+/m0/s1. The van der Waals surface area contributed by atoms with E-state index < -0.39 is 29.1 Å². The number of nitrogens with zero attached hydrogens (tertiary/aromatic N) is 1. The van der Waals surface area contributed by atoms with Crippen LogP contribution in [0.1, 0.15) is 97.0 Å². The predicted octanol–water partition coefficient (Wildman–Crippen LogP) is 5.72. The second-order valence-electron chi connectivity index (χ2n) is 11.1. The van der Waals surface area contributed by atoms with Crippen LogP contribution in [0.3, 0.4) is 0 Å². The fourth-order valence-electron chi connectivity index (χ4n) is 6.29. The molecule has 0 bridgehead atoms. The fourth-order valence-corrected chi connectivity index (χ4v) is 6.29. The number of carbonyl (C=O) groups is 3. The number of ketones is 1. The first-order valence-corrected chi connectivity index (χ1v) is 12.9. The van der Waals surface area contributed by atoms with Crippen LogP contribution in [-0.4, -0.2) is 45.9 Å². The molecule has 1 aliphatic carbocycles. The van der Waals surface area contributed by atoms with Crippen molar-refractivity contribution >= 4 is 17.7 Å². The number of benzene rings is 1. The first kappa shape index (κ1) is 25.6. The van der Waals surface area contributed by atoms with E-state index in [9.17, 15) is 19.5 Å². The van der Waals surface area contributed by atoms with Gasteiger partial charge in [-0.25, -0.2) is 14.1 Å². The molecule has 0 spiro atoms. The second-order valence-corrected chi connectivity index (χ2v) is 11.1. The molecule has 1 aromatic rings. The van der Waals surface area contributed by atoms with Crippen LogP contribution >= 0.6 is 0 Å². The summed E-state index contributed by atoms with van der Waals surface area (Å²) in [7, 11) is 0. The normalized spacial score (nSPS) is 27.6. The highest BCUT2D eigenvalue weighted by molar-refractivity contribution is 6.35. The summed E-state index contributed by atoms with van der Waals surface area (Å²) in [4.78, 5) is 40.5. The molecule has 3 rings (SSSR count). The van der Waals surface area contributed by atoms with E-state index >= 15 is 0 Å². The average molecular weight is 457 g/mol. The molecule has 1 aromatic carbocycles. The van der Waals surface area contributed by atoms with Crippen molar-refractivity contribution in [3.63, 3.8) is 0 Å². The van der Waals surface area contributed by atoms with Gasteiger partial charge in [0, 0.05) is 11.3 Å². The number of rotatable bonds is 8. The van der Waals surface area contributed by atoms with E-state index in [0.717, 1.165) is 44.9 Å². The van der Waals surface area contributed by atoms with E-state index in [1.165, 1.54) is 5.56 Å². The lowest BCUT2D eigenvalue weighted by molar-refractivity contribution is -0.903. The van der Waals surface area contributed by atoms with Crippen LogP contribution in [0.25, 0.3) is 0 Å². The number of Topliss-reactive ketones (excluding diaryl/α,β-unsaturated/α-hetero) is 1. The van der Waals surface area contributed by atoms with Crippen LogP contribution in [0.2, 0.25) is 0 Å². The van der Waals surface area contributed by atoms with Crippen LogP contribution in [0, 0.1) is 11.3 Å². The highest BCUT2D eigenvalue weighted by atomic mass is 16.4. The van der Waals surface area contributed by atoms with Crippen molar-refractivity contribution in [3.8, 4) is 0 Å². The third-order valence-corrected chi connectivity index (χ3v) is 8.62. The van der Waals surface area contributed by atoms with Crippen LogP contribution in [0.5, 0.6) is 0 Å². The summed E-state index contributed by atoms with van der Waals surface area (Å²) >= 11 is 0. The molecule has 1 N–H and O–H groups in total. The summed E-state index contributed by atoms with van der Waals surface area (Å²) < 4.78 is -0.149. The minimum atomic E-state index is -0.916. The molecular weight excluding hydrogens is 414 g/mol. The first-order chi connectivity index (χ1) is 15.6. The Bertz CT molecular complexity index is 843. The molecule has 4 atom stereocenters. The number of carbonyl (C=O) groups excluding carboxylic acids is 2. The monoisotopic (exact) mass is 456 g/mol. The number of quaternary nitrogens is 1. The van der Waals surface area contributed by atoms with Gasteiger partial charge in [-0.3, -0.25) is 4.79 Å². The van der Waals surface area contributed by atoms with Gasteiger partial charge in [0.1, 0.15) is 0 Å². The third kappa shape index (κ3) is 5.08. The van der Waals surface area contributed by atoms with E-state index in [0.29, 0.717) is 19.4 Å². The molecule has 1 saturated carbocycles. The Labute approximate surface area is 199 Å². The molecule has 1 heterocycles. The number of likely N-dealkylation sites (tertiary alicyclic amines) is 1. The smallest absolute Gasteiger partial charge is 0.383 e. The lowest BCUT2D eigenvalue weighted by atomic mass is 9.75. The van der Waals surface area contributed by atoms with Crippen molar-refractivity contribution < 1.29 is 24.0 Å². The zero-order valence-electron chi connectivity index (χ0n) is 20.9. The van der Waals surface area contributed by atoms with Crippen LogP contribution in [-0.2, 0) is 14.4 Å². The molecule has 33 heavy (non-hydrogen) atoms. The number of piperidine rings is 1. The number of hydrogen-bond donors (Lipinski definition) is 1. The highest BCUT2D eigenvalue weighted by Crippen LogP contribution is 2.43. The van der Waals surface area contributed by atoms with Gasteiger partial charge in [0.2, 0.25) is 0 Å². The predicted molar refractivity (Wildman–Crippen MR) is 130 cm³/mol. The lowest BCUT2D eigenvalue weighted by Crippen LogP contribution is -2.73. The number of amides is 1. The summed E-state index contributed by atoms with van der Waals surface area (Å²) in [5.41, 5.74) is 0.419. The van der Waals surface area contributed by atoms with Gasteiger partial charge in [0.05, 0.1) is 12.6 Å². The van der Waals surface area contributed by atoms with Crippen molar-refractivity contribution in [1.82, 2.24) is 0 Å². The molecule has 1 amide bonds. The van der Waals surface area contributed by atoms with Crippen molar-refractivity contribution in [3.05, 3.63) is 35.9 Å². The van der Waals surface area contributed by atoms with E-state index in [1.54, 1.807) is 0 Å². The van der Waals surface area contributed by atoms with Gasteiger partial charge >= 0.3 is 11.9 Å². The van der Waals surface area contributed by atoms with Crippen molar-refractivity contribution in [1.29, 1.82) is 0 Å². The minimum Gasteiger partial charge on any atom is -0.477 e. The van der Waals surface area contributed by atoms with E-state index in [4.69, 9.17) is 0 Å². The van der Waals surface area contributed by atoms with Crippen LogP contribution in [0.4, 0.5) is 0 Å². The average Bonchev–Trinajstić information content (AvgIpc) is 2.83. The van der Waals surface area contributed by atoms with Crippen LogP contribution < -0.4 is 0 Å². The van der Waals surface area contributed by atoms with E-state index in [1.807, 2.05) is 39.0 Å². The molecule has 5 nitrogen and oxygen atoms in total. The number of carboxylic acid groups (broad SMARTS) is 1. The van der Waals surface area contributed by atoms with Gasteiger partial charge in [-0.05, 0) is 62.8 Å². The van der Waals surface area contributed by atoms with Crippen LogP contribution in [0.15, 0.2) is 30.3 Å². The van der Waals surface area contributed by atoms with Gasteiger partial charge < -0.3 is 5.11 Å². The molecule has 5 heteroatoms. The van der Waals surface area contributed by atoms with Gasteiger partial charge in [0.25, 0.3) is 5.78 Å². The summed E-state index contributed by atoms with van der Waals surface area (Å²) in [6.07, 6.45) is 7.64. The molecule has 2 unspecified atom stereocenters. The highest BCUT2D eigenvalue weighted by Gasteiger charge is 2.61. The Morgan fingerprint density at radius 3 is 2.24 bits per heavy atom. The summed E-state index contributed by atoms with van der Waals surface area (Å²) in [6.45, 7) is 8.18. The maximum absolute atomic E-state index is 14.1. The maximum Gasteiger partial charge on any atom is 0.383 e. The molecule has 0 aromatic heterocycles. The quantitative estimate of drug-likeness (QED) is 0.401. The number of hydrogen-bond acceptors (Lipinski definition) is 3. The van der Waals surface area contributed by atoms with Gasteiger partial charge in [-0.15, -0.1) is 0 Å². The first-order valence-electron chi connectivity index (χ1n) is 12.9. The maximum atomic E-state index is 14.1. The zero-order valence-corrected chi connectivity index (χ0v) is 20.9. The molecular formula is C28H42NO4+. The Kier molecular flexibility index (Phi) is 8.15. The molecule has 182 valence electrons. The topological polar surface area (TPSA) is 71.4 Å². The molecule has 1 saturated heterocycles. The van der Waals surface area contributed by atoms with Gasteiger partial charge in [-0.2, -0.15) is 0 Å². The van der Waals surface area contributed by atoms with E-state index in [-0.39, 0.29) is 22.4 Å². The summed E-state index contributed by atoms with van der Waals surface area (Å²) in [5.74, 6) is -1.69. The van der Waals surface area contributed by atoms with Gasteiger partial charge in [-0.1, -0.05) is 64.4 Å². The Morgan fingerprint density at radius 1 is 1.03 bits per heavy atom. The Morgan fingerprint density at radius 2 is 1.67 bits per heavy atom. The van der Waals surface area contributed by atoms with Crippen molar-refractivity contribution in [2.45, 2.75) is 103 Å². The fraction of sp³-hybridized carbons (Fsp3) is 0.679. The third-order valence-electron chi connectivity index (χ3n) is 8.62. The van der Waals surface area contributed by atoms with Gasteiger partial charge in [0.15, 0.2) is 6.04 Å². The molecule has 1 aliphatic heterocycles.